The van der Waals surface area contributed by atoms with Crippen molar-refractivity contribution in [2.24, 2.45) is 5.73 Å². The first-order valence-electron chi connectivity index (χ1n) is 4.50. The van der Waals surface area contributed by atoms with Gasteiger partial charge in [0.1, 0.15) is 0 Å². The number of carbonyl (C=O) groups excluding carboxylic acids is 1. The van der Waals surface area contributed by atoms with Gasteiger partial charge in [0, 0.05) is 23.7 Å². The van der Waals surface area contributed by atoms with E-state index in [2.05, 4.69) is 4.98 Å². The zero-order valence-electron chi connectivity index (χ0n) is 8.65. The Kier molecular flexibility index (Phi) is 4.77. The van der Waals surface area contributed by atoms with Crippen molar-refractivity contribution in [2.75, 3.05) is 0 Å². The van der Waals surface area contributed by atoms with Gasteiger partial charge >= 0.3 is 0 Å². The Hall–Kier alpha value is -2.28. The first kappa shape index (κ1) is 12.8. The monoisotopic (exact) mass is 251 g/mol. The molecule has 0 saturated heterocycles. The van der Waals surface area contributed by atoms with Crippen molar-refractivity contribution in [2.45, 2.75) is 0 Å². The van der Waals surface area contributed by atoms with Crippen LogP contribution in [0.2, 0.25) is 0 Å². The van der Waals surface area contributed by atoms with Gasteiger partial charge in [-0.2, -0.15) is 0 Å². The minimum Gasteiger partial charge on any atom is -0.364 e. The molecule has 1 aromatic carbocycles. The van der Waals surface area contributed by atoms with Crippen molar-refractivity contribution in [3.05, 3.63) is 57.0 Å². The second-order valence-electron chi connectivity index (χ2n) is 2.79. The number of primary amides is 1. The summed E-state index contributed by atoms with van der Waals surface area (Å²) in [6.07, 6.45) is 1.55. The van der Waals surface area contributed by atoms with Gasteiger partial charge in [0.25, 0.3) is 11.6 Å². The Labute approximate surface area is 101 Å². The minimum atomic E-state index is -0.458. The predicted octanol–water partition coefficient (Wildman–Crippen LogP) is 1.84. The smallest absolute Gasteiger partial charge is 0.277 e. The van der Waals surface area contributed by atoms with Crippen molar-refractivity contribution in [1.29, 1.82) is 0 Å². The van der Waals surface area contributed by atoms with Crippen LogP contribution in [0.1, 0.15) is 9.80 Å². The third-order valence-electron chi connectivity index (χ3n) is 1.61. The van der Waals surface area contributed by atoms with E-state index in [4.69, 9.17) is 5.73 Å². The van der Waals surface area contributed by atoms with Gasteiger partial charge in [0.05, 0.1) is 4.92 Å². The molecule has 0 saturated carbocycles. The average molecular weight is 251 g/mol. The molecular weight excluding hydrogens is 242 g/mol. The molecule has 7 heteroatoms. The van der Waals surface area contributed by atoms with Crippen LogP contribution in [0.3, 0.4) is 0 Å². The van der Waals surface area contributed by atoms with Gasteiger partial charge in [-0.05, 0) is 0 Å². The van der Waals surface area contributed by atoms with Gasteiger partial charge in [0.2, 0.25) is 0 Å². The molecule has 0 spiro atoms. The van der Waals surface area contributed by atoms with E-state index in [1.54, 1.807) is 29.8 Å². The Morgan fingerprint density at radius 1 is 1.35 bits per heavy atom. The Morgan fingerprint density at radius 3 is 2.29 bits per heavy atom. The second-order valence-corrected chi connectivity index (χ2v) is 3.69. The van der Waals surface area contributed by atoms with Gasteiger partial charge in [0.15, 0.2) is 5.01 Å². The van der Waals surface area contributed by atoms with Crippen LogP contribution in [0.15, 0.2) is 41.9 Å². The molecule has 0 atom stereocenters. The molecule has 0 unspecified atom stereocenters. The SMILES string of the molecule is NC(=O)c1nccs1.O=[N+]([O-])c1ccccc1. The van der Waals surface area contributed by atoms with Crippen LogP contribution >= 0.6 is 11.3 Å². The van der Waals surface area contributed by atoms with Crippen LogP contribution in [0.25, 0.3) is 0 Å². The topological polar surface area (TPSA) is 99.1 Å². The summed E-state index contributed by atoms with van der Waals surface area (Å²) in [6.45, 7) is 0. The molecule has 17 heavy (non-hydrogen) atoms. The van der Waals surface area contributed by atoms with E-state index in [1.165, 1.54) is 23.5 Å². The summed E-state index contributed by atoms with van der Waals surface area (Å²) in [4.78, 5) is 23.5. The highest BCUT2D eigenvalue weighted by molar-refractivity contribution is 7.11. The van der Waals surface area contributed by atoms with Crippen LogP contribution in [0, 0.1) is 10.1 Å². The molecule has 0 aliphatic heterocycles. The third-order valence-corrected chi connectivity index (χ3v) is 2.40. The number of nitrogens with zero attached hydrogens (tertiary/aromatic N) is 2. The van der Waals surface area contributed by atoms with Crippen LogP contribution in [-0.4, -0.2) is 15.8 Å². The number of hydrogen-bond acceptors (Lipinski definition) is 5. The number of para-hydroxylation sites is 1. The Bertz CT molecular complexity index is 485. The summed E-state index contributed by atoms with van der Waals surface area (Å²) in [5.41, 5.74) is 5.00. The fraction of sp³-hybridized carbons (Fsp3) is 0. The zero-order chi connectivity index (χ0) is 12.7. The predicted molar refractivity (Wildman–Crippen MR) is 63.7 cm³/mol. The number of nitro groups is 1. The highest BCUT2D eigenvalue weighted by atomic mass is 32.1. The molecule has 0 radical (unpaired) electrons. The van der Waals surface area contributed by atoms with Gasteiger partial charge in [-0.3, -0.25) is 14.9 Å². The summed E-state index contributed by atoms with van der Waals surface area (Å²) < 4.78 is 0. The van der Waals surface area contributed by atoms with E-state index in [9.17, 15) is 14.9 Å². The molecule has 2 aromatic rings. The largest absolute Gasteiger partial charge is 0.364 e. The maximum absolute atomic E-state index is 10.2. The first-order valence-corrected chi connectivity index (χ1v) is 5.38. The zero-order valence-corrected chi connectivity index (χ0v) is 9.46. The van der Waals surface area contributed by atoms with E-state index in [-0.39, 0.29) is 5.69 Å². The van der Waals surface area contributed by atoms with Crippen LogP contribution in [-0.2, 0) is 0 Å². The van der Waals surface area contributed by atoms with Gasteiger partial charge in [-0.25, -0.2) is 4.98 Å². The highest BCUT2D eigenvalue weighted by Crippen LogP contribution is 2.06. The fourth-order valence-electron chi connectivity index (χ4n) is 0.895. The standard InChI is InChI=1S/C6H5NO2.C4H4N2OS/c8-7(9)6-4-2-1-3-5-6;5-3(7)4-6-1-2-8-4/h1-5H;1-2H,(H2,5,7). The van der Waals surface area contributed by atoms with E-state index in [1.807, 2.05) is 0 Å². The molecule has 1 aromatic heterocycles. The summed E-state index contributed by atoms with van der Waals surface area (Å²) in [5, 5.41) is 12.1. The summed E-state index contributed by atoms with van der Waals surface area (Å²) in [7, 11) is 0. The lowest BCUT2D eigenvalue weighted by atomic mass is 10.3. The van der Waals surface area contributed by atoms with Crippen molar-refractivity contribution in [3.8, 4) is 0 Å². The molecule has 0 bridgehead atoms. The molecule has 2 rings (SSSR count). The number of aromatic nitrogens is 1. The lowest BCUT2D eigenvalue weighted by molar-refractivity contribution is -0.384. The quantitative estimate of drug-likeness (QED) is 0.650. The number of nitrogens with two attached hydrogens (primary N) is 1. The number of rotatable bonds is 2. The van der Waals surface area contributed by atoms with Crippen molar-refractivity contribution < 1.29 is 9.72 Å². The number of amides is 1. The van der Waals surface area contributed by atoms with Gasteiger partial charge in [-0.15, -0.1) is 11.3 Å². The molecule has 1 heterocycles. The number of non-ortho nitro benzene ring substituents is 1. The lowest BCUT2D eigenvalue weighted by Gasteiger charge is -1.85. The second kappa shape index (κ2) is 6.33. The van der Waals surface area contributed by atoms with Crippen molar-refractivity contribution in [3.63, 3.8) is 0 Å². The van der Waals surface area contributed by atoms with E-state index >= 15 is 0 Å². The maximum atomic E-state index is 10.2. The molecule has 2 N–H and O–H groups in total. The molecule has 6 nitrogen and oxygen atoms in total. The van der Waals surface area contributed by atoms with Crippen molar-refractivity contribution in [1.82, 2.24) is 4.98 Å². The number of benzene rings is 1. The molecule has 0 fully saturated rings. The average Bonchev–Trinajstić information content (AvgIpc) is 2.84. The summed E-state index contributed by atoms with van der Waals surface area (Å²) in [5.74, 6) is -0.458. The summed E-state index contributed by atoms with van der Waals surface area (Å²) >= 11 is 1.25. The number of hydrogen-bond donors (Lipinski definition) is 1. The van der Waals surface area contributed by atoms with E-state index in [0.717, 1.165) is 0 Å². The third kappa shape index (κ3) is 4.39. The lowest BCUT2D eigenvalue weighted by Crippen LogP contribution is -2.09. The van der Waals surface area contributed by atoms with Crippen LogP contribution in [0.5, 0.6) is 0 Å². The number of nitro benzene ring substituents is 1. The molecular formula is C10H9N3O3S. The Morgan fingerprint density at radius 2 is 2.00 bits per heavy atom. The Balaban J connectivity index is 0.000000171. The molecule has 0 aliphatic carbocycles. The molecule has 88 valence electrons. The normalized spacial score (nSPS) is 8.94. The highest BCUT2D eigenvalue weighted by Gasteiger charge is 1.99. The fourth-order valence-corrected chi connectivity index (χ4v) is 1.38. The van der Waals surface area contributed by atoms with Crippen molar-refractivity contribution >= 4 is 22.9 Å². The molecule has 0 aliphatic rings. The first-order chi connectivity index (χ1) is 8.11. The van der Waals surface area contributed by atoms with Gasteiger partial charge in [-0.1, -0.05) is 18.2 Å². The summed E-state index contributed by atoms with van der Waals surface area (Å²) in [6, 6.07) is 7.93. The molecule has 1 amide bonds. The maximum Gasteiger partial charge on any atom is 0.277 e. The van der Waals surface area contributed by atoms with E-state index in [0.29, 0.717) is 5.01 Å². The van der Waals surface area contributed by atoms with Crippen LogP contribution < -0.4 is 5.73 Å². The minimum absolute atomic E-state index is 0.137. The number of thiazole rings is 1. The number of carbonyl (C=O) groups is 1. The van der Waals surface area contributed by atoms with E-state index < -0.39 is 10.8 Å². The van der Waals surface area contributed by atoms with Gasteiger partial charge < -0.3 is 5.73 Å². The van der Waals surface area contributed by atoms with Crippen LogP contribution in [0.4, 0.5) is 5.69 Å².